The Bertz CT molecular complexity index is 983. The maximum absolute atomic E-state index is 13.0. The zero-order valence-corrected chi connectivity index (χ0v) is 16.2. The van der Waals surface area contributed by atoms with Crippen LogP contribution in [0.1, 0.15) is 42.4 Å². The molecule has 27 heavy (non-hydrogen) atoms. The fraction of sp³-hybridized carbons (Fsp3) is 0.286. The molecule has 140 valence electrons. The molecule has 0 atom stereocenters. The molecule has 6 heteroatoms. The minimum atomic E-state index is -0.732. The number of nitrogens with one attached hydrogen (secondary N) is 1. The van der Waals surface area contributed by atoms with Gasteiger partial charge in [0.15, 0.2) is 0 Å². The summed E-state index contributed by atoms with van der Waals surface area (Å²) in [5.41, 5.74) is 3.99. The molecule has 1 aliphatic heterocycles. The lowest BCUT2D eigenvalue weighted by molar-refractivity contribution is -0.122. The van der Waals surface area contributed by atoms with E-state index in [0.29, 0.717) is 5.69 Å². The molecule has 1 fully saturated rings. The van der Waals surface area contributed by atoms with Crippen molar-refractivity contribution in [3.8, 4) is 0 Å². The van der Waals surface area contributed by atoms with Crippen LogP contribution in [0, 0.1) is 20.8 Å². The Kier molecular flexibility index (Phi) is 4.74. The van der Waals surface area contributed by atoms with Gasteiger partial charge in [0, 0.05) is 17.4 Å². The number of rotatable bonds is 3. The number of anilines is 1. The van der Waals surface area contributed by atoms with Crippen LogP contribution in [0.25, 0.3) is 6.08 Å². The van der Waals surface area contributed by atoms with E-state index < -0.39 is 17.8 Å². The molecule has 2 heterocycles. The smallest absolute Gasteiger partial charge is 0.335 e. The highest BCUT2D eigenvalue weighted by Crippen LogP contribution is 2.27. The Hall–Kier alpha value is -3.15. The first-order valence-electron chi connectivity index (χ1n) is 8.88. The number of barbiturate groups is 1. The molecule has 0 saturated carbocycles. The predicted octanol–water partition coefficient (Wildman–Crippen LogP) is 3.66. The van der Waals surface area contributed by atoms with E-state index in [2.05, 4.69) is 23.7 Å². The molecule has 1 aromatic heterocycles. The average Bonchev–Trinajstić information content (AvgIpc) is 2.86. The van der Waals surface area contributed by atoms with Crippen LogP contribution < -0.4 is 10.2 Å². The van der Waals surface area contributed by atoms with Crippen LogP contribution in [-0.2, 0) is 9.59 Å². The van der Waals surface area contributed by atoms with Crippen LogP contribution in [0.15, 0.2) is 35.9 Å². The zero-order valence-electron chi connectivity index (χ0n) is 16.2. The van der Waals surface area contributed by atoms with Crippen molar-refractivity contribution < 1.29 is 14.4 Å². The lowest BCUT2D eigenvalue weighted by Gasteiger charge is -2.27. The van der Waals surface area contributed by atoms with Crippen LogP contribution >= 0.6 is 0 Å². The summed E-state index contributed by atoms with van der Waals surface area (Å²) < 4.78 is 2.14. The van der Waals surface area contributed by atoms with E-state index in [1.165, 1.54) is 0 Å². The molecule has 0 aliphatic carbocycles. The molecule has 3 rings (SSSR count). The van der Waals surface area contributed by atoms with Crippen LogP contribution in [-0.4, -0.2) is 22.4 Å². The van der Waals surface area contributed by atoms with Gasteiger partial charge >= 0.3 is 6.03 Å². The standard InChI is InChI=1S/C21H23N3O3/c1-12(2)23-14(4)10-16(15(23)5)11-17-19(25)22-21(27)24(20(17)26)18-9-7-6-8-13(18)3/h6-12H,1-5H3,(H,22,25,27)/b17-11-. The van der Waals surface area contributed by atoms with Crippen molar-refractivity contribution >= 4 is 29.6 Å². The van der Waals surface area contributed by atoms with Crippen LogP contribution in [0.2, 0.25) is 0 Å². The summed E-state index contributed by atoms with van der Waals surface area (Å²) in [6.07, 6.45) is 1.57. The minimum absolute atomic E-state index is 0.0538. The van der Waals surface area contributed by atoms with Crippen LogP contribution in [0.5, 0.6) is 0 Å². The lowest BCUT2D eigenvalue weighted by atomic mass is 10.1. The van der Waals surface area contributed by atoms with Gasteiger partial charge in [-0.2, -0.15) is 0 Å². The molecule has 1 aliphatic rings. The Balaban J connectivity index is 2.08. The number of carbonyl (C=O) groups is 3. The third-order valence-electron chi connectivity index (χ3n) is 4.80. The summed E-state index contributed by atoms with van der Waals surface area (Å²) >= 11 is 0. The fourth-order valence-corrected chi connectivity index (χ4v) is 3.59. The fourth-order valence-electron chi connectivity index (χ4n) is 3.59. The van der Waals surface area contributed by atoms with Crippen molar-refractivity contribution in [2.75, 3.05) is 4.90 Å². The van der Waals surface area contributed by atoms with Crippen molar-refractivity contribution in [2.45, 2.75) is 40.7 Å². The monoisotopic (exact) mass is 365 g/mol. The Labute approximate surface area is 158 Å². The number of benzene rings is 1. The number of carbonyl (C=O) groups excluding carboxylic acids is 3. The van der Waals surface area contributed by atoms with E-state index in [1.807, 2.05) is 39.0 Å². The molecule has 0 spiro atoms. The average molecular weight is 365 g/mol. The second kappa shape index (κ2) is 6.87. The van der Waals surface area contributed by atoms with Gasteiger partial charge in [-0.1, -0.05) is 18.2 Å². The summed E-state index contributed by atoms with van der Waals surface area (Å²) in [5.74, 6) is -1.29. The summed E-state index contributed by atoms with van der Waals surface area (Å²) in [4.78, 5) is 38.7. The summed E-state index contributed by atoms with van der Waals surface area (Å²) in [5, 5.41) is 2.27. The van der Waals surface area contributed by atoms with E-state index in [-0.39, 0.29) is 11.6 Å². The number of aromatic nitrogens is 1. The van der Waals surface area contributed by atoms with Crippen molar-refractivity contribution in [3.05, 3.63) is 58.4 Å². The normalized spacial score (nSPS) is 16.4. The van der Waals surface area contributed by atoms with Gasteiger partial charge in [-0.05, 0) is 64.0 Å². The van der Waals surface area contributed by atoms with Crippen molar-refractivity contribution in [1.82, 2.24) is 9.88 Å². The van der Waals surface area contributed by atoms with E-state index >= 15 is 0 Å². The lowest BCUT2D eigenvalue weighted by Crippen LogP contribution is -2.54. The number of hydrogen-bond acceptors (Lipinski definition) is 3. The van der Waals surface area contributed by atoms with Gasteiger partial charge in [0.1, 0.15) is 5.57 Å². The third kappa shape index (κ3) is 3.18. The van der Waals surface area contributed by atoms with Crippen molar-refractivity contribution in [1.29, 1.82) is 0 Å². The van der Waals surface area contributed by atoms with Crippen LogP contribution in [0.4, 0.5) is 10.5 Å². The SMILES string of the molecule is Cc1ccccc1N1C(=O)NC(=O)/C(=C/c2cc(C)n(C(C)C)c2C)C1=O. The minimum Gasteiger partial charge on any atom is -0.346 e. The second-order valence-electron chi connectivity index (χ2n) is 7.03. The summed E-state index contributed by atoms with van der Waals surface area (Å²) in [7, 11) is 0. The van der Waals surface area contributed by atoms with Crippen LogP contribution in [0.3, 0.4) is 0 Å². The molecule has 1 N–H and O–H groups in total. The maximum Gasteiger partial charge on any atom is 0.335 e. The number of nitrogens with zero attached hydrogens (tertiary/aromatic N) is 2. The quantitative estimate of drug-likeness (QED) is 0.666. The highest BCUT2D eigenvalue weighted by atomic mass is 16.2. The van der Waals surface area contributed by atoms with E-state index in [0.717, 1.165) is 27.4 Å². The van der Waals surface area contributed by atoms with Gasteiger partial charge in [-0.25, -0.2) is 9.69 Å². The number of hydrogen-bond donors (Lipinski definition) is 1. The van der Waals surface area contributed by atoms with Crippen molar-refractivity contribution in [3.63, 3.8) is 0 Å². The molecular weight excluding hydrogens is 342 g/mol. The topological polar surface area (TPSA) is 71.4 Å². The first kappa shape index (κ1) is 18.6. The third-order valence-corrected chi connectivity index (χ3v) is 4.80. The van der Waals surface area contributed by atoms with Gasteiger partial charge in [-0.3, -0.25) is 14.9 Å². The van der Waals surface area contributed by atoms with E-state index in [1.54, 1.807) is 18.2 Å². The largest absolute Gasteiger partial charge is 0.346 e. The summed E-state index contributed by atoms with van der Waals surface area (Å²) in [6, 6.07) is 8.54. The van der Waals surface area contributed by atoms with Gasteiger partial charge in [0.05, 0.1) is 5.69 Å². The molecule has 1 aromatic carbocycles. The molecule has 0 unspecified atom stereocenters. The molecule has 4 amide bonds. The molecule has 0 radical (unpaired) electrons. The summed E-state index contributed by atoms with van der Waals surface area (Å²) in [6.45, 7) is 9.91. The van der Waals surface area contributed by atoms with E-state index in [4.69, 9.17) is 0 Å². The molecule has 1 saturated heterocycles. The van der Waals surface area contributed by atoms with Crippen molar-refractivity contribution in [2.24, 2.45) is 0 Å². The Morgan fingerprint density at radius 3 is 2.30 bits per heavy atom. The second-order valence-corrected chi connectivity index (χ2v) is 7.03. The molecular formula is C21H23N3O3. The van der Waals surface area contributed by atoms with Gasteiger partial charge < -0.3 is 4.57 Å². The number of amides is 4. The highest BCUT2D eigenvalue weighted by Gasteiger charge is 2.37. The maximum atomic E-state index is 13.0. The van der Waals surface area contributed by atoms with Gasteiger partial charge in [0.2, 0.25) is 0 Å². The first-order valence-corrected chi connectivity index (χ1v) is 8.88. The molecule has 0 bridgehead atoms. The van der Waals surface area contributed by atoms with E-state index in [9.17, 15) is 14.4 Å². The van der Waals surface area contributed by atoms with Gasteiger partial charge in [-0.15, -0.1) is 0 Å². The zero-order chi connectivity index (χ0) is 19.9. The molecule has 2 aromatic rings. The molecule has 6 nitrogen and oxygen atoms in total. The number of imide groups is 2. The number of aryl methyl sites for hydroxylation is 2. The first-order chi connectivity index (χ1) is 12.7. The van der Waals surface area contributed by atoms with Gasteiger partial charge in [0.25, 0.3) is 11.8 Å². The highest BCUT2D eigenvalue weighted by molar-refractivity contribution is 6.39. The predicted molar refractivity (Wildman–Crippen MR) is 104 cm³/mol. The number of para-hydroxylation sites is 1. The Morgan fingerprint density at radius 1 is 1.04 bits per heavy atom. The Morgan fingerprint density at radius 2 is 1.70 bits per heavy atom. The number of urea groups is 1.